The van der Waals surface area contributed by atoms with Gasteiger partial charge in [0.05, 0.1) is 11.5 Å². The second kappa shape index (κ2) is 6.81. The molecule has 0 fully saturated rings. The number of carbonyl (C=O) groups is 1. The molecule has 0 aliphatic rings. The largest absolute Gasteiger partial charge is 0.394 e. The molecule has 1 atom stereocenters. The minimum atomic E-state index is -4.46. The minimum absolute atomic E-state index is 0.134. The zero-order valence-corrected chi connectivity index (χ0v) is 13.5. The van der Waals surface area contributed by atoms with Gasteiger partial charge in [-0.25, -0.2) is 0 Å². The molecule has 6 heteroatoms. The normalized spacial score (nSPS) is 13.8. The SMILES string of the molecule is CC(C)(CC(=O)NC[C@@H](O)c1ccc2ccccc2c1)C(F)(F)F. The van der Waals surface area contributed by atoms with Crippen LogP contribution in [-0.2, 0) is 4.79 Å². The van der Waals surface area contributed by atoms with Gasteiger partial charge in [-0.05, 0) is 22.4 Å². The highest BCUT2D eigenvalue weighted by atomic mass is 19.4. The molecule has 24 heavy (non-hydrogen) atoms. The molecule has 0 saturated carbocycles. The average Bonchev–Trinajstić information content (AvgIpc) is 2.50. The number of halogens is 3. The van der Waals surface area contributed by atoms with Crippen molar-refractivity contribution < 1.29 is 23.1 Å². The predicted octanol–water partition coefficient (Wildman–Crippen LogP) is 3.97. The highest BCUT2D eigenvalue weighted by Crippen LogP contribution is 2.40. The Morgan fingerprint density at radius 1 is 1.12 bits per heavy atom. The average molecular weight is 339 g/mol. The first kappa shape index (κ1) is 18.3. The fourth-order valence-corrected chi connectivity index (χ4v) is 2.31. The Kier molecular flexibility index (Phi) is 5.18. The third-order valence-corrected chi connectivity index (χ3v) is 4.02. The van der Waals surface area contributed by atoms with Gasteiger partial charge in [-0.1, -0.05) is 50.2 Å². The third kappa shape index (κ3) is 4.26. The third-order valence-electron chi connectivity index (χ3n) is 4.02. The maximum atomic E-state index is 12.8. The zero-order chi connectivity index (χ0) is 18.0. The van der Waals surface area contributed by atoms with Crippen LogP contribution in [0.5, 0.6) is 0 Å². The number of amides is 1. The second-order valence-electron chi connectivity index (χ2n) is 6.48. The Labute approximate surface area is 138 Å². The first-order chi connectivity index (χ1) is 11.1. The van der Waals surface area contributed by atoms with Gasteiger partial charge < -0.3 is 10.4 Å². The van der Waals surface area contributed by atoms with Crippen LogP contribution < -0.4 is 5.32 Å². The topological polar surface area (TPSA) is 49.3 Å². The van der Waals surface area contributed by atoms with Gasteiger partial charge in [-0.2, -0.15) is 13.2 Å². The van der Waals surface area contributed by atoms with Gasteiger partial charge in [0, 0.05) is 13.0 Å². The molecule has 0 heterocycles. The number of benzene rings is 2. The summed E-state index contributed by atoms with van der Waals surface area (Å²) in [5.74, 6) is -0.739. The Morgan fingerprint density at radius 3 is 2.38 bits per heavy atom. The molecule has 0 aliphatic carbocycles. The highest BCUT2D eigenvalue weighted by Gasteiger charge is 2.48. The Hall–Kier alpha value is -2.08. The van der Waals surface area contributed by atoms with Crippen molar-refractivity contribution in [1.82, 2.24) is 5.32 Å². The van der Waals surface area contributed by atoms with E-state index < -0.39 is 30.0 Å². The van der Waals surface area contributed by atoms with Crippen molar-refractivity contribution in [2.24, 2.45) is 5.41 Å². The summed E-state index contributed by atoms with van der Waals surface area (Å²) < 4.78 is 38.3. The van der Waals surface area contributed by atoms with Crippen LogP contribution in [0.1, 0.15) is 31.9 Å². The molecule has 0 aromatic heterocycles. The first-order valence-electron chi connectivity index (χ1n) is 7.60. The van der Waals surface area contributed by atoms with Crippen LogP contribution in [0, 0.1) is 5.41 Å². The lowest BCUT2D eigenvalue weighted by atomic mass is 9.88. The zero-order valence-electron chi connectivity index (χ0n) is 13.5. The van der Waals surface area contributed by atoms with Gasteiger partial charge in [0.15, 0.2) is 0 Å². The van der Waals surface area contributed by atoms with Crippen LogP contribution in [-0.4, -0.2) is 23.7 Å². The van der Waals surface area contributed by atoms with Gasteiger partial charge in [0.1, 0.15) is 0 Å². The predicted molar refractivity (Wildman–Crippen MR) is 86.4 cm³/mol. The molecule has 1 amide bonds. The quantitative estimate of drug-likeness (QED) is 0.866. The van der Waals surface area contributed by atoms with E-state index in [1.54, 1.807) is 12.1 Å². The van der Waals surface area contributed by atoms with E-state index in [0.717, 1.165) is 24.6 Å². The monoisotopic (exact) mass is 339 g/mol. The van der Waals surface area contributed by atoms with E-state index in [9.17, 15) is 23.1 Å². The van der Waals surface area contributed by atoms with Gasteiger partial charge in [-0.3, -0.25) is 4.79 Å². The first-order valence-corrected chi connectivity index (χ1v) is 7.60. The molecule has 2 aromatic carbocycles. The molecule has 2 aromatic rings. The molecule has 2 N–H and O–H groups in total. The van der Waals surface area contributed by atoms with E-state index in [1.165, 1.54) is 0 Å². The number of fused-ring (bicyclic) bond motifs is 1. The van der Waals surface area contributed by atoms with Gasteiger partial charge >= 0.3 is 6.18 Å². The van der Waals surface area contributed by atoms with Crippen molar-refractivity contribution >= 4 is 16.7 Å². The number of aliphatic hydroxyl groups excluding tert-OH is 1. The molecular weight excluding hydrogens is 319 g/mol. The number of rotatable bonds is 5. The van der Waals surface area contributed by atoms with Crippen molar-refractivity contribution in [3.63, 3.8) is 0 Å². The second-order valence-corrected chi connectivity index (χ2v) is 6.48. The number of hydrogen-bond acceptors (Lipinski definition) is 2. The molecule has 0 spiro atoms. The van der Waals surface area contributed by atoms with E-state index in [4.69, 9.17) is 0 Å². The van der Waals surface area contributed by atoms with Crippen molar-refractivity contribution in [1.29, 1.82) is 0 Å². The lowest BCUT2D eigenvalue weighted by Gasteiger charge is -2.27. The molecule has 3 nitrogen and oxygen atoms in total. The van der Waals surface area contributed by atoms with Gasteiger partial charge in [-0.15, -0.1) is 0 Å². The van der Waals surface area contributed by atoms with Crippen LogP contribution in [0.2, 0.25) is 0 Å². The number of aliphatic hydroxyl groups is 1. The fraction of sp³-hybridized carbons (Fsp3) is 0.389. The van der Waals surface area contributed by atoms with Crippen molar-refractivity contribution in [3.05, 3.63) is 48.0 Å². The smallest absolute Gasteiger partial charge is 0.387 e. The summed E-state index contributed by atoms with van der Waals surface area (Å²) in [7, 11) is 0. The lowest BCUT2D eigenvalue weighted by molar-refractivity contribution is -0.213. The number of carbonyl (C=O) groups excluding carboxylic acids is 1. The molecule has 130 valence electrons. The highest BCUT2D eigenvalue weighted by molar-refractivity contribution is 5.83. The molecule has 0 bridgehead atoms. The maximum Gasteiger partial charge on any atom is 0.394 e. The number of nitrogens with one attached hydrogen (secondary N) is 1. The number of alkyl halides is 3. The summed E-state index contributed by atoms with van der Waals surface area (Å²) in [4.78, 5) is 11.7. The molecule has 0 unspecified atom stereocenters. The van der Waals surface area contributed by atoms with Crippen LogP contribution in [0.3, 0.4) is 0 Å². The Morgan fingerprint density at radius 2 is 1.75 bits per heavy atom. The minimum Gasteiger partial charge on any atom is -0.387 e. The molecule has 0 radical (unpaired) electrons. The summed E-state index contributed by atoms with van der Waals surface area (Å²) >= 11 is 0. The van der Waals surface area contributed by atoms with E-state index in [0.29, 0.717) is 5.56 Å². The van der Waals surface area contributed by atoms with E-state index >= 15 is 0 Å². The lowest BCUT2D eigenvalue weighted by Crippen LogP contribution is -2.39. The molecule has 0 saturated heterocycles. The van der Waals surface area contributed by atoms with Gasteiger partial charge in [0.25, 0.3) is 0 Å². The standard InChI is InChI=1S/C18H20F3NO2/c1-17(2,18(19,20)21)10-16(24)22-11-15(23)14-8-7-12-5-3-4-6-13(12)9-14/h3-9,15,23H,10-11H2,1-2H3,(H,22,24)/t15-/m1/s1. The van der Waals surface area contributed by atoms with E-state index in [-0.39, 0.29) is 6.54 Å². The van der Waals surface area contributed by atoms with Crippen molar-refractivity contribution in [3.8, 4) is 0 Å². The van der Waals surface area contributed by atoms with Crippen LogP contribution in [0.4, 0.5) is 13.2 Å². The van der Waals surface area contributed by atoms with E-state index in [1.807, 2.05) is 30.3 Å². The number of hydrogen-bond donors (Lipinski definition) is 2. The van der Waals surface area contributed by atoms with Crippen LogP contribution >= 0.6 is 0 Å². The van der Waals surface area contributed by atoms with Gasteiger partial charge in [0.2, 0.25) is 5.91 Å². The maximum absolute atomic E-state index is 12.8. The summed E-state index contributed by atoms with van der Waals surface area (Å²) in [6, 6.07) is 13.0. The van der Waals surface area contributed by atoms with Crippen molar-refractivity contribution in [2.75, 3.05) is 6.54 Å². The molecular formula is C18H20F3NO2. The molecule has 0 aliphatic heterocycles. The van der Waals surface area contributed by atoms with Crippen LogP contribution in [0.25, 0.3) is 10.8 Å². The van der Waals surface area contributed by atoms with E-state index in [2.05, 4.69) is 5.32 Å². The summed E-state index contributed by atoms with van der Waals surface area (Å²) in [6.07, 6.45) is -6.12. The molecule has 2 rings (SSSR count). The summed E-state index contributed by atoms with van der Waals surface area (Å²) in [6.45, 7) is 1.82. The van der Waals surface area contributed by atoms with Crippen molar-refractivity contribution in [2.45, 2.75) is 32.5 Å². The summed E-state index contributed by atoms with van der Waals surface area (Å²) in [5, 5.41) is 14.5. The summed E-state index contributed by atoms with van der Waals surface area (Å²) in [5.41, 5.74) is -1.51. The Bertz CT molecular complexity index is 726. The van der Waals surface area contributed by atoms with Crippen LogP contribution in [0.15, 0.2) is 42.5 Å². The Balaban J connectivity index is 1.96. The fourth-order valence-electron chi connectivity index (χ4n) is 2.31.